The Morgan fingerprint density at radius 1 is 1.17 bits per heavy atom. The van der Waals surface area contributed by atoms with Crippen LogP contribution in [0.3, 0.4) is 0 Å². The number of halogens is 1. The van der Waals surface area contributed by atoms with Gasteiger partial charge in [-0.25, -0.2) is 4.98 Å². The molecule has 2 aromatic carbocycles. The number of hydrogen-bond donors (Lipinski definition) is 2. The topological polar surface area (TPSA) is 84.2 Å². The molecule has 0 saturated heterocycles. The molecule has 3 aromatic rings. The van der Waals surface area contributed by atoms with Gasteiger partial charge in [-0.3, -0.25) is 9.59 Å². The van der Waals surface area contributed by atoms with Gasteiger partial charge >= 0.3 is 0 Å². The molecular formula is C16H12ClN3O3. The minimum atomic E-state index is -0.688. The quantitative estimate of drug-likeness (QED) is 0.722. The minimum Gasteiger partial charge on any atom is -0.423 e. The van der Waals surface area contributed by atoms with E-state index in [-0.39, 0.29) is 22.5 Å². The van der Waals surface area contributed by atoms with E-state index in [1.165, 1.54) is 6.07 Å². The van der Waals surface area contributed by atoms with E-state index >= 15 is 0 Å². The Morgan fingerprint density at radius 3 is 2.61 bits per heavy atom. The second-order valence-electron chi connectivity index (χ2n) is 4.88. The highest BCUT2D eigenvalue weighted by atomic mass is 35.5. The van der Waals surface area contributed by atoms with Gasteiger partial charge in [0.1, 0.15) is 0 Å². The van der Waals surface area contributed by atoms with Crippen LogP contribution in [-0.4, -0.2) is 20.8 Å². The average Bonchev–Trinajstić information content (AvgIpc) is 2.57. The van der Waals surface area contributed by atoms with Gasteiger partial charge in [-0.2, -0.15) is 0 Å². The molecule has 0 aliphatic carbocycles. The van der Waals surface area contributed by atoms with E-state index in [1.54, 1.807) is 42.5 Å². The van der Waals surface area contributed by atoms with Crippen molar-refractivity contribution >= 4 is 28.4 Å². The molecule has 1 aromatic heterocycles. The molecule has 0 unspecified atom stereocenters. The summed E-state index contributed by atoms with van der Waals surface area (Å²) >= 11 is 5.80. The summed E-state index contributed by atoms with van der Waals surface area (Å²) in [6, 6.07) is 13.4. The summed E-state index contributed by atoms with van der Waals surface area (Å²) in [6.07, 6.45) is 0. The third-order valence-electron chi connectivity index (χ3n) is 3.32. The molecule has 0 spiro atoms. The van der Waals surface area contributed by atoms with Gasteiger partial charge in [-0.05, 0) is 29.8 Å². The van der Waals surface area contributed by atoms with Gasteiger partial charge in [-0.1, -0.05) is 35.9 Å². The highest BCUT2D eigenvalue weighted by molar-refractivity contribution is 6.30. The van der Waals surface area contributed by atoms with E-state index < -0.39 is 11.5 Å². The monoisotopic (exact) mass is 329 g/mol. The molecule has 0 aliphatic rings. The van der Waals surface area contributed by atoms with Crippen molar-refractivity contribution in [1.82, 2.24) is 15.0 Å². The molecule has 2 N–H and O–H groups in total. The number of benzene rings is 2. The van der Waals surface area contributed by atoms with Crippen LogP contribution in [0.1, 0.15) is 16.2 Å². The summed E-state index contributed by atoms with van der Waals surface area (Å²) in [5, 5.41) is 13.3. The first kappa shape index (κ1) is 15.1. The third-order valence-corrected chi connectivity index (χ3v) is 3.58. The lowest BCUT2D eigenvalue weighted by Crippen LogP contribution is -2.32. The molecule has 0 atom stereocenters. The number of amides is 1. The molecule has 6 nitrogen and oxygen atoms in total. The van der Waals surface area contributed by atoms with Gasteiger partial charge in [0, 0.05) is 11.6 Å². The van der Waals surface area contributed by atoms with Gasteiger partial charge in [0.05, 0.1) is 10.9 Å². The molecule has 0 aliphatic heterocycles. The number of nitrogens with one attached hydrogen (secondary N) is 1. The first-order valence-electron chi connectivity index (χ1n) is 6.80. The Bertz CT molecular complexity index is 935. The van der Waals surface area contributed by atoms with Crippen LogP contribution >= 0.6 is 11.6 Å². The number of aromatic nitrogens is 2. The SMILES string of the molecule is O=C(NCc1ccc(Cl)cc1)c1nc2ccccc2c(=O)n1O. The molecule has 1 amide bonds. The zero-order valence-corrected chi connectivity index (χ0v) is 12.6. The lowest BCUT2D eigenvalue weighted by atomic mass is 10.2. The van der Waals surface area contributed by atoms with Crippen LogP contribution in [0.2, 0.25) is 5.02 Å². The maximum absolute atomic E-state index is 12.2. The molecule has 0 radical (unpaired) electrons. The molecule has 23 heavy (non-hydrogen) atoms. The zero-order valence-electron chi connectivity index (χ0n) is 11.9. The van der Waals surface area contributed by atoms with E-state index in [1.807, 2.05) is 0 Å². The Morgan fingerprint density at radius 2 is 1.87 bits per heavy atom. The van der Waals surface area contributed by atoms with Crippen LogP contribution in [0.5, 0.6) is 0 Å². The zero-order chi connectivity index (χ0) is 16.4. The lowest BCUT2D eigenvalue weighted by Gasteiger charge is -2.08. The van der Waals surface area contributed by atoms with Crippen LogP contribution in [-0.2, 0) is 6.54 Å². The maximum Gasteiger partial charge on any atom is 0.294 e. The summed E-state index contributed by atoms with van der Waals surface area (Å²) in [4.78, 5) is 28.3. The largest absolute Gasteiger partial charge is 0.423 e. The van der Waals surface area contributed by atoms with Crippen molar-refractivity contribution in [3.05, 3.63) is 75.3 Å². The number of para-hydroxylation sites is 1. The van der Waals surface area contributed by atoms with Crippen LogP contribution in [0.15, 0.2) is 53.3 Å². The summed E-state index contributed by atoms with van der Waals surface area (Å²) in [6.45, 7) is 0.221. The average molecular weight is 330 g/mol. The Kier molecular flexibility index (Phi) is 3.99. The number of carbonyl (C=O) groups is 1. The molecule has 7 heteroatoms. The van der Waals surface area contributed by atoms with Crippen molar-refractivity contribution in [2.75, 3.05) is 0 Å². The maximum atomic E-state index is 12.2. The van der Waals surface area contributed by atoms with E-state index in [2.05, 4.69) is 10.3 Å². The highest BCUT2D eigenvalue weighted by Gasteiger charge is 2.16. The van der Waals surface area contributed by atoms with E-state index in [4.69, 9.17) is 11.6 Å². The predicted octanol–water partition coefficient (Wildman–Crippen LogP) is 2.22. The van der Waals surface area contributed by atoms with E-state index in [9.17, 15) is 14.8 Å². The summed E-state index contributed by atoms with van der Waals surface area (Å²) in [5.41, 5.74) is 0.488. The van der Waals surface area contributed by atoms with Crippen molar-refractivity contribution in [3.8, 4) is 0 Å². The Balaban J connectivity index is 1.87. The number of fused-ring (bicyclic) bond motifs is 1. The Hall–Kier alpha value is -2.86. The van der Waals surface area contributed by atoms with Gasteiger partial charge in [0.2, 0.25) is 5.82 Å². The molecule has 3 rings (SSSR count). The van der Waals surface area contributed by atoms with Crippen molar-refractivity contribution in [2.24, 2.45) is 0 Å². The van der Waals surface area contributed by atoms with Crippen LogP contribution in [0.25, 0.3) is 10.9 Å². The van der Waals surface area contributed by atoms with E-state index in [0.717, 1.165) is 5.56 Å². The normalized spacial score (nSPS) is 10.7. The van der Waals surface area contributed by atoms with Crippen LogP contribution in [0.4, 0.5) is 0 Å². The molecule has 1 heterocycles. The molecule has 0 bridgehead atoms. The van der Waals surface area contributed by atoms with Crippen molar-refractivity contribution in [3.63, 3.8) is 0 Å². The summed E-state index contributed by atoms with van der Waals surface area (Å²) in [5.74, 6) is -1.01. The van der Waals surface area contributed by atoms with Gasteiger partial charge in [-0.15, -0.1) is 4.73 Å². The fourth-order valence-corrected chi connectivity index (χ4v) is 2.26. The molecule has 0 fully saturated rings. The number of nitrogens with zero attached hydrogens (tertiary/aromatic N) is 2. The van der Waals surface area contributed by atoms with Crippen LogP contribution in [0, 0.1) is 0 Å². The number of hydrogen-bond acceptors (Lipinski definition) is 4. The lowest BCUT2D eigenvalue weighted by molar-refractivity contribution is 0.0878. The third kappa shape index (κ3) is 3.02. The highest BCUT2D eigenvalue weighted by Crippen LogP contribution is 2.10. The smallest absolute Gasteiger partial charge is 0.294 e. The van der Waals surface area contributed by atoms with Gasteiger partial charge < -0.3 is 10.5 Å². The molecular weight excluding hydrogens is 318 g/mol. The Labute approximate surface area is 135 Å². The number of carbonyl (C=O) groups excluding carboxylic acids is 1. The standard InChI is InChI=1S/C16H12ClN3O3/c17-11-7-5-10(6-8-11)9-18-15(21)14-19-13-4-2-1-3-12(13)16(22)20(14)23/h1-8,23H,9H2,(H,18,21). The predicted molar refractivity (Wildman–Crippen MR) is 85.8 cm³/mol. The fourth-order valence-electron chi connectivity index (χ4n) is 2.13. The first-order chi connectivity index (χ1) is 11.1. The second-order valence-corrected chi connectivity index (χ2v) is 5.32. The first-order valence-corrected chi connectivity index (χ1v) is 7.18. The van der Waals surface area contributed by atoms with E-state index in [0.29, 0.717) is 10.5 Å². The van der Waals surface area contributed by atoms with Crippen LogP contribution < -0.4 is 10.9 Å². The van der Waals surface area contributed by atoms with Crippen molar-refractivity contribution < 1.29 is 10.0 Å². The van der Waals surface area contributed by atoms with Gasteiger partial charge in [0.15, 0.2) is 0 Å². The van der Waals surface area contributed by atoms with Crippen molar-refractivity contribution in [1.29, 1.82) is 0 Å². The second kappa shape index (κ2) is 6.10. The summed E-state index contributed by atoms with van der Waals surface area (Å²) < 4.78 is 0.263. The fraction of sp³-hybridized carbons (Fsp3) is 0.0625. The van der Waals surface area contributed by atoms with Gasteiger partial charge in [0.25, 0.3) is 11.5 Å². The summed E-state index contributed by atoms with van der Waals surface area (Å²) in [7, 11) is 0. The number of rotatable bonds is 3. The molecule has 116 valence electrons. The molecule has 0 saturated carbocycles. The van der Waals surface area contributed by atoms with Crippen molar-refractivity contribution in [2.45, 2.75) is 6.54 Å². The minimum absolute atomic E-state index is 0.221.